The number of carbonyl (C=O) groups excluding carboxylic acids is 1. The smallest absolute Gasteiger partial charge is 0.360 e. The molecule has 0 aliphatic rings. The molecule has 0 aromatic carbocycles. The first-order valence-electron chi connectivity index (χ1n) is 4.16. The molecule has 13 heavy (non-hydrogen) atoms. The third-order valence-electron chi connectivity index (χ3n) is 1.86. The van der Waals surface area contributed by atoms with Crippen molar-refractivity contribution in [2.75, 3.05) is 0 Å². The van der Waals surface area contributed by atoms with E-state index in [1.54, 1.807) is 0 Å². The van der Waals surface area contributed by atoms with Crippen LogP contribution in [0.15, 0.2) is 17.1 Å². The van der Waals surface area contributed by atoms with Crippen molar-refractivity contribution in [3.05, 3.63) is 18.4 Å². The number of nitrogens with zero attached hydrogens (tertiary/aromatic N) is 1. The summed E-state index contributed by atoms with van der Waals surface area (Å²) < 4.78 is 9.84. The van der Waals surface area contributed by atoms with Gasteiger partial charge < -0.3 is 9.15 Å². The first-order valence-corrected chi connectivity index (χ1v) is 4.16. The Morgan fingerprint density at radius 2 is 2.38 bits per heavy atom. The molecule has 1 aromatic heterocycles. The normalized spacial score (nSPS) is 11.3. The highest BCUT2D eigenvalue weighted by atomic mass is 16.6. The van der Waals surface area contributed by atoms with Crippen molar-refractivity contribution in [3.63, 3.8) is 0 Å². The van der Waals surface area contributed by atoms with E-state index in [0.717, 1.165) is 6.42 Å². The molecule has 4 nitrogen and oxygen atoms in total. The van der Waals surface area contributed by atoms with Gasteiger partial charge in [0, 0.05) is 0 Å². The van der Waals surface area contributed by atoms with Gasteiger partial charge >= 0.3 is 5.97 Å². The van der Waals surface area contributed by atoms with Crippen LogP contribution >= 0.6 is 0 Å². The number of carbonyl (C=O) groups is 1. The molecular weight excluding hydrogens is 170 g/mol. The van der Waals surface area contributed by atoms with Crippen molar-refractivity contribution >= 4 is 5.97 Å². The van der Waals surface area contributed by atoms with E-state index in [9.17, 15) is 4.79 Å². The first kappa shape index (κ1) is 9.77. The molecule has 1 rings (SSSR count). The Morgan fingerprint density at radius 3 is 2.85 bits per heavy atom. The van der Waals surface area contributed by atoms with Crippen molar-refractivity contribution in [3.8, 4) is 0 Å². The molecule has 0 amide bonds. The van der Waals surface area contributed by atoms with Gasteiger partial charge in [-0.3, -0.25) is 0 Å². The van der Waals surface area contributed by atoms with Crippen LogP contribution in [0.3, 0.4) is 0 Å². The first-order chi connectivity index (χ1) is 6.05. The molecule has 1 heterocycles. The summed E-state index contributed by atoms with van der Waals surface area (Å²) >= 11 is 0. The van der Waals surface area contributed by atoms with E-state index in [0.29, 0.717) is 0 Å². The summed E-state index contributed by atoms with van der Waals surface area (Å²) in [5, 5.41) is 0. The fourth-order valence-electron chi connectivity index (χ4n) is 0.689. The monoisotopic (exact) mass is 183 g/mol. The largest absolute Gasteiger partial charge is 0.455 e. The summed E-state index contributed by atoms with van der Waals surface area (Å²) in [5.41, 5.74) is -0.239. The Bertz CT molecular complexity index is 277. The van der Waals surface area contributed by atoms with Crippen molar-refractivity contribution in [1.82, 2.24) is 4.98 Å². The minimum atomic E-state index is -0.448. The third kappa shape index (κ3) is 2.57. The van der Waals surface area contributed by atoms with Gasteiger partial charge in [-0.1, -0.05) is 6.92 Å². The molecule has 0 saturated carbocycles. The quantitative estimate of drug-likeness (QED) is 0.673. The Morgan fingerprint density at radius 1 is 1.69 bits per heavy atom. The number of oxazole rings is 1. The van der Waals surface area contributed by atoms with Crippen LogP contribution in [-0.4, -0.2) is 16.6 Å². The Balaban J connectivity index is 2.61. The molecule has 4 heteroatoms. The summed E-state index contributed by atoms with van der Waals surface area (Å²) in [6.07, 6.45) is 3.24. The molecule has 1 aromatic rings. The molecule has 0 bridgehead atoms. The second-order valence-electron chi connectivity index (χ2n) is 3.38. The number of esters is 1. The van der Waals surface area contributed by atoms with Crippen LogP contribution in [0.25, 0.3) is 0 Å². The summed E-state index contributed by atoms with van der Waals surface area (Å²) in [5.74, 6) is -0.444. The van der Waals surface area contributed by atoms with E-state index in [4.69, 9.17) is 4.74 Å². The lowest BCUT2D eigenvalue weighted by atomic mass is 10.1. The minimum Gasteiger partial charge on any atom is -0.455 e. The Hall–Kier alpha value is -1.32. The second kappa shape index (κ2) is 3.60. The SMILES string of the molecule is CCC(C)(C)OC(=O)c1cocn1. The number of hydrogen-bond donors (Lipinski definition) is 0. The highest BCUT2D eigenvalue weighted by molar-refractivity contribution is 5.86. The average molecular weight is 183 g/mol. The zero-order valence-corrected chi connectivity index (χ0v) is 8.03. The maximum absolute atomic E-state index is 11.3. The topological polar surface area (TPSA) is 52.3 Å². The predicted molar refractivity (Wildman–Crippen MR) is 46.3 cm³/mol. The van der Waals surface area contributed by atoms with Gasteiger partial charge in [0.2, 0.25) is 0 Å². The molecule has 0 fully saturated rings. The van der Waals surface area contributed by atoms with Gasteiger partial charge in [-0.25, -0.2) is 9.78 Å². The zero-order chi connectivity index (χ0) is 9.90. The molecule has 0 spiro atoms. The van der Waals surface area contributed by atoms with E-state index < -0.39 is 11.6 Å². The molecule has 0 aliphatic carbocycles. The molecule has 0 atom stereocenters. The van der Waals surface area contributed by atoms with Gasteiger partial charge in [0.1, 0.15) is 11.9 Å². The number of aromatic nitrogens is 1. The molecular formula is C9H13NO3. The lowest BCUT2D eigenvalue weighted by molar-refractivity contribution is -0.00307. The van der Waals surface area contributed by atoms with E-state index in [1.165, 1.54) is 12.7 Å². The van der Waals surface area contributed by atoms with Crippen LogP contribution in [0.5, 0.6) is 0 Å². The fraction of sp³-hybridized carbons (Fsp3) is 0.556. The number of hydrogen-bond acceptors (Lipinski definition) is 4. The van der Waals surface area contributed by atoms with Crippen molar-refractivity contribution in [1.29, 1.82) is 0 Å². The Kier molecular flexibility index (Phi) is 2.70. The maximum atomic E-state index is 11.3. The Labute approximate surface area is 76.9 Å². The van der Waals surface area contributed by atoms with E-state index in [2.05, 4.69) is 9.40 Å². The minimum absolute atomic E-state index is 0.210. The highest BCUT2D eigenvalue weighted by Gasteiger charge is 2.22. The van der Waals surface area contributed by atoms with Crippen LogP contribution in [0.2, 0.25) is 0 Å². The third-order valence-corrected chi connectivity index (χ3v) is 1.86. The average Bonchev–Trinajstić information content (AvgIpc) is 2.55. The summed E-state index contributed by atoms with van der Waals surface area (Å²) in [7, 11) is 0. The van der Waals surface area contributed by atoms with Gasteiger partial charge in [-0.2, -0.15) is 0 Å². The molecule has 0 radical (unpaired) electrons. The summed E-state index contributed by atoms with van der Waals surface area (Å²) in [4.78, 5) is 15.0. The van der Waals surface area contributed by atoms with E-state index in [-0.39, 0.29) is 5.69 Å². The van der Waals surface area contributed by atoms with Crippen molar-refractivity contribution < 1.29 is 13.9 Å². The molecule has 72 valence electrons. The van der Waals surface area contributed by atoms with Crippen molar-refractivity contribution in [2.45, 2.75) is 32.8 Å². The van der Waals surface area contributed by atoms with Crippen LogP contribution < -0.4 is 0 Å². The lowest BCUT2D eigenvalue weighted by Gasteiger charge is -2.22. The molecule has 0 unspecified atom stereocenters. The fourth-order valence-corrected chi connectivity index (χ4v) is 0.689. The van der Waals surface area contributed by atoms with Crippen LogP contribution in [0.1, 0.15) is 37.7 Å². The van der Waals surface area contributed by atoms with Crippen molar-refractivity contribution in [2.24, 2.45) is 0 Å². The molecule has 0 N–H and O–H groups in total. The summed E-state index contributed by atoms with van der Waals surface area (Å²) in [6, 6.07) is 0. The predicted octanol–water partition coefficient (Wildman–Crippen LogP) is 2.02. The van der Waals surface area contributed by atoms with Gasteiger partial charge in [0.15, 0.2) is 12.1 Å². The number of rotatable bonds is 3. The molecule has 0 aliphatic heterocycles. The van der Waals surface area contributed by atoms with Crippen LogP contribution in [-0.2, 0) is 4.74 Å². The maximum Gasteiger partial charge on any atom is 0.360 e. The highest BCUT2D eigenvalue weighted by Crippen LogP contribution is 2.15. The van der Waals surface area contributed by atoms with Gasteiger partial charge in [0.25, 0.3) is 0 Å². The van der Waals surface area contributed by atoms with Gasteiger partial charge in [0.05, 0.1) is 0 Å². The second-order valence-corrected chi connectivity index (χ2v) is 3.38. The van der Waals surface area contributed by atoms with E-state index >= 15 is 0 Å². The standard InChI is InChI=1S/C9H13NO3/c1-4-9(2,3)13-8(11)7-5-12-6-10-7/h5-6H,4H2,1-3H3. The lowest BCUT2D eigenvalue weighted by Crippen LogP contribution is -2.27. The van der Waals surface area contributed by atoms with Gasteiger partial charge in [-0.05, 0) is 20.3 Å². The summed E-state index contributed by atoms with van der Waals surface area (Å²) in [6.45, 7) is 5.66. The van der Waals surface area contributed by atoms with Crippen LogP contribution in [0.4, 0.5) is 0 Å². The van der Waals surface area contributed by atoms with Gasteiger partial charge in [-0.15, -0.1) is 0 Å². The zero-order valence-electron chi connectivity index (χ0n) is 8.03. The molecule has 0 saturated heterocycles. The van der Waals surface area contributed by atoms with E-state index in [1.807, 2.05) is 20.8 Å². The number of ether oxygens (including phenoxy) is 1. The van der Waals surface area contributed by atoms with Crippen LogP contribution in [0, 0.1) is 0 Å².